The normalized spacial score (nSPS) is 11.2. The molecular formula is C20H40O4. The van der Waals surface area contributed by atoms with Gasteiger partial charge in [-0.05, 0) is 25.2 Å². The Kier molecular flexibility index (Phi) is 18.2. The van der Waals surface area contributed by atoms with E-state index in [4.69, 9.17) is 14.2 Å². The second-order valence-electron chi connectivity index (χ2n) is 6.85. The fraction of sp³-hybridized carbons (Fsp3) is 0.950. The predicted octanol–water partition coefficient (Wildman–Crippen LogP) is 5.14. The maximum absolute atomic E-state index is 11.4. The van der Waals surface area contributed by atoms with Crippen LogP contribution in [0.2, 0.25) is 0 Å². The SMILES string of the molecule is CCCCCCCCCOCCOCCCC(=O)OCCC(C)C. The summed E-state index contributed by atoms with van der Waals surface area (Å²) in [7, 11) is 0. The molecule has 0 fully saturated rings. The van der Waals surface area contributed by atoms with Crippen molar-refractivity contribution < 1.29 is 19.0 Å². The van der Waals surface area contributed by atoms with Crippen LogP contribution in [0.15, 0.2) is 0 Å². The number of carbonyl (C=O) groups excluding carboxylic acids is 1. The Morgan fingerprint density at radius 1 is 0.750 bits per heavy atom. The Morgan fingerprint density at radius 2 is 1.33 bits per heavy atom. The molecule has 0 aliphatic heterocycles. The molecule has 0 rings (SSSR count). The van der Waals surface area contributed by atoms with Crippen LogP contribution in [0.5, 0.6) is 0 Å². The molecule has 0 aromatic carbocycles. The summed E-state index contributed by atoms with van der Waals surface area (Å²) in [6.07, 6.45) is 11.2. The first-order valence-corrected chi connectivity index (χ1v) is 9.98. The summed E-state index contributed by atoms with van der Waals surface area (Å²) in [6, 6.07) is 0. The average Bonchev–Trinajstić information content (AvgIpc) is 2.55. The van der Waals surface area contributed by atoms with E-state index in [0.717, 1.165) is 25.9 Å². The van der Waals surface area contributed by atoms with E-state index in [1.807, 2.05) is 0 Å². The first kappa shape index (κ1) is 23.4. The molecule has 0 unspecified atom stereocenters. The largest absolute Gasteiger partial charge is 0.466 e. The van der Waals surface area contributed by atoms with Crippen molar-refractivity contribution in [2.24, 2.45) is 5.92 Å². The van der Waals surface area contributed by atoms with Gasteiger partial charge in [0.1, 0.15) is 0 Å². The second kappa shape index (κ2) is 18.7. The van der Waals surface area contributed by atoms with Gasteiger partial charge in [0.05, 0.1) is 19.8 Å². The smallest absolute Gasteiger partial charge is 0.305 e. The van der Waals surface area contributed by atoms with Crippen molar-refractivity contribution >= 4 is 5.97 Å². The fourth-order valence-corrected chi connectivity index (χ4v) is 2.28. The van der Waals surface area contributed by atoms with Crippen LogP contribution in [-0.4, -0.2) is 39.0 Å². The number of hydrogen-bond acceptors (Lipinski definition) is 4. The van der Waals surface area contributed by atoms with E-state index >= 15 is 0 Å². The third-order valence-electron chi connectivity index (χ3n) is 3.89. The van der Waals surface area contributed by atoms with E-state index in [9.17, 15) is 4.79 Å². The minimum absolute atomic E-state index is 0.116. The number of unbranched alkanes of at least 4 members (excludes halogenated alkanes) is 6. The van der Waals surface area contributed by atoms with Gasteiger partial charge in [-0.3, -0.25) is 4.79 Å². The van der Waals surface area contributed by atoms with Crippen LogP contribution < -0.4 is 0 Å². The van der Waals surface area contributed by atoms with Gasteiger partial charge in [0.25, 0.3) is 0 Å². The molecule has 0 atom stereocenters. The third-order valence-corrected chi connectivity index (χ3v) is 3.89. The number of hydrogen-bond donors (Lipinski definition) is 0. The minimum atomic E-state index is -0.116. The van der Waals surface area contributed by atoms with Gasteiger partial charge < -0.3 is 14.2 Å². The van der Waals surface area contributed by atoms with Gasteiger partial charge in [-0.2, -0.15) is 0 Å². The van der Waals surface area contributed by atoms with Gasteiger partial charge in [0, 0.05) is 19.6 Å². The van der Waals surface area contributed by atoms with Gasteiger partial charge >= 0.3 is 5.97 Å². The van der Waals surface area contributed by atoms with E-state index in [1.165, 1.54) is 38.5 Å². The van der Waals surface area contributed by atoms with Crippen LogP contribution in [-0.2, 0) is 19.0 Å². The van der Waals surface area contributed by atoms with E-state index in [-0.39, 0.29) is 5.97 Å². The highest BCUT2D eigenvalue weighted by Gasteiger charge is 2.03. The first-order chi connectivity index (χ1) is 11.7. The van der Waals surface area contributed by atoms with Crippen molar-refractivity contribution in [1.29, 1.82) is 0 Å². The van der Waals surface area contributed by atoms with Crippen LogP contribution in [0, 0.1) is 5.92 Å². The molecule has 4 heteroatoms. The molecule has 0 N–H and O–H groups in total. The maximum atomic E-state index is 11.4. The quantitative estimate of drug-likeness (QED) is 0.255. The number of carbonyl (C=O) groups is 1. The lowest BCUT2D eigenvalue weighted by Gasteiger charge is -2.07. The summed E-state index contributed by atoms with van der Waals surface area (Å²) in [5.41, 5.74) is 0. The maximum Gasteiger partial charge on any atom is 0.305 e. The Balaban J connectivity index is 3.10. The number of rotatable bonds is 18. The molecule has 0 heterocycles. The fourth-order valence-electron chi connectivity index (χ4n) is 2.28. The molecular weight excluding hydrogens is 304 g/mol. The van der Waals surface area contributed by atoms with Crippen LogP contribution >= 0.6 is 0 Å². The monoisotopic (exact) mass is 344 g/mol. The minimum Gasteiger partial charge on any atom is -0.466 e. The number of ether oxygens (including phenoxy) is 3. The van der Waals surface area contributed by atoms with Crippen molar-refractivity contribution in [2.75, 3.05) is 33.0 Å². The lowest BCUT2D eigenvalue weighted by atomic mass is 10.1. The molecule has 0 saturated heterocycles. The van der Waals surface area contributed by atoms with E-state index in [1.54, 1.807) is 0 Å². The lowest BCUT2D eigenvalue weighted by Crippen LogP contribution is -2.10. The first-order valence-electron chi connectivity index (χ1n) is 9.98. The van der Waals surface area contributed by atoms with E-state index < -0.39 is 0 Å². The highest BCUT2D eigenvalue weighted by atomic mass is 16.5. The van der Waals surface area contributed by atoms with Gasteiger partial charge in [-0.15, -0.1) is 0 Å². The predicted molar refractivity (Wildman–Crippen MR) is 99.3 cm³/mol. The zero-order valence-electron chi connectivity index (χ0n) is 16.3. The summed E-state index contributed by atoms with van der Waals surface area (Å²) >= 11 is 0. The Labute approximate surface area is 149 Å². The third kappa shape index (κ3) is 19.4. The Bertz CT molecular complexity index is 266. The van der Waals surface area contributed by atoms with Crippen molar-refractivity contribution in [3.05, 3.63) is 0 Å². The van der Waals surface area contributed by atoms with E-state index in [2.05, 4.69) is 20.8 Å². The summed E-state index contributed by atoms with van der Waals surface area (Å²) in [4.78, 5) is 11.4. The summed E-state index contributed by atoms with van der Waals surface area (Å²) < 4.78 is 16.2. The van der Waals surface area contributed by atoms with Gasteiger partial charge in [0.2, 0.25) is 0 Å². The molecule has 0 aromatic rings. The average molecular weight is 345 g/mol. The van der Waals surface area contributed by atoms with Crippen LogP contribution in [0.25, 0.3) is 0 Å². The zero-order chi connectivity index (χ0) is 17.9. The van der Waals surface area contributed by atoms with Crippen LogP contribution in [0.1, 0.15) is 85.0 Å². The molecule has 0 bridgehead atoms. The molecule has 144 valence electrons. The molecule has 4 nitrogen and oxygen atoms in total. The second-order valence-corrected chi connectivity index (χ2v) is 6.85. The van der Waals surface area contributed by atoms with Crippen molar-refractivity contribution in [2.45, 2.75) is 85.0 Å². The van der Waals surface area contributed by atoms with Crippen molar-refractivity contribution in [3.8, 4) is 0 Å². The summed E-state index contributed by atoms with van der Waals surface area (Å²) in [5.74, 6) is 0.455. The highest BCUT2D eigenvalue weighted by molar-refractivity contribution is 5.69. The molecule has 0 aliphatic carbocycles. The Hall–Kier alpha value is -0.610. The van der Waals surface area contributed by atoms with E-state index in [0.29, 0.717) is 38.8 Å². The molecule has 0 spiro atoms. The molecule has 0 aliphatic rings. The highest BCUT2D eigenvalue weighted by Crippen LogP contribution is 2.06. The van der Waals surface area contributed by atoms with Crippen LogP contribution in [0.3, 0.4) is 0 Å². The van der Waals surface area contributed by atoms with Gasteiger partial charge in [-0.1, -0.05) is 59.3 Å². The molecule has 0 aromatic heterocycles. The van der Waals surface area contributed by atoms with Crippen molar-refractivity contribution in [3.63, 3.8) is 0 Å². The molecule has 24 heavy (non-hydrogen) atoms. The standard InChI is InChI=1S/C20H40O4/c1-4-5-6-7-8-9-10-14-22-17-18-23-15-11-12-20(21)24-16-13-19(2)3/h19H,4-18H2,1-3H3. The molecule has 0 radical (unpaired) electrons. The topological polar surface area (TPSA) is 44.8 Å². The molecule has 0 amide bonds. The summed E-state index contributed by atoms with van der Waals surface area (Å²) in [6.45, 7) is 9.71. The Morgan fingerprint density at radius 3 is 1.96 bits per heavy atom. The van der Waals surface area contributed by atoms with Gasteiger partial charge in [0.15, 0.2) is 0 Å². The zero-order valence-corrected chi connectivity index (χ0v) is 16.3. The van der Waals surface area contributed by atoms with Crippen molar-refractivity contribution in [1.82, 2.24) is 0 Å². The summed E-state index contributed by atoms with van der Waals surface area (Å²) in [5, 5.41) is 0. The molecule has 0 saturated carbocycles. The lowest BCUT2D eigenvalue weighted by molar-refractivity contribution is -0.144. The van der Waals surface area contributed by atoms with Gasteiger partial charge in [-0.25, -0.2) is 0 Å². The number of esters is 1. The van der Waals surface area contributed by atoms with Crippen LogP contribution in [0.4, 0.5) is 0 Å².